The van der Waals surface area contributed by atoms with Crippen molar-refractivity contribution in [3.8, 4) is 0 Å². The van der Waals surface area contributed by atoms with Gasteiger partial charge in [-0.1, -0.05) is 19.1 Å². The second-order valence-electron chi connectivity index (χ2n) is 4.99. The smallest absolute Gasteiger partial charge is 0.212 e. The Morgan fingerprint density at radius 3 is 2.61 bits per heavy atom. The van der Waals surface area contributed by atoms with Gasteiger partial charge in [0, 0.05) is 13.1 Å². The van der Waals surface area contributed by atoms with Crippen molar-refractivity contribution < 1.29 is 12.8 Å². The Morgan fingerprint density at radius 1 is 1.33 bits per heavy atom. The SMILES string of the molecule is C[C@@H]1CCCN(S(=O)(=O)Cc2ccc(F)cc2)C1. The first-order chi connectivity index (χ1) is 8.47. The molecule has 0 unspecified atom stereocenters. The number of hydrogen-bond donors (Lipinski definition) is 0. The summed E-state index contributed by atoms with van der Waals surface area (Å²) in [6.45, 7) is 3.27. The van der Waals surface area contributed by atoms with Crippen LogP contribution in [0.3, 0.4) is 0 Å². The molecule has 100 valence electrons. The molecule has 1 atom stereocenters. The van der Waals surface area contributed by atoms with E-state index < -0.39 is 10.0 Å². The van der Waals surface area contributed by atoms with Crippen LogP contribution in [0.5, 0.6) is 0 Å². The van der Waals surface area contributed by atoms with Crippen LogP contribution in [0.2, 0.25) is 0 Å². The van der Waals surface area contributed by atoms with Crippen molar-refractivity contribution in [1.29, 1.82) is 0 Å². The van der Waals surface area contributed by atoms with Gasteiger partial charge in [-0.25, -0.2) is 17.1 Å². The Kier molecular flexibility index (Phi) is 4.02. The van der Waals surface area contributed by atoms with Crippen LogP contribution < -0.4 is 0 Å². The Bertz CT molecular complexity index is 498. The van der Waals surface area contributed by atoms with Gasteiger partial charge in [0.15, 0.2) is 0 Å². The zero-order valence-electron chi connectivity index (χ0n) is 10.5. The minimum Gasteiger partial charge on any atom is -0.212 e. The molecule has 1 saturated heterocycles. The van der Waals surface area contributed by atoms with Crippen LogP contribution >= 0.6 is 0 Å². The van der Waals surface area contributed by atoms with Crippen LogP contribution in [0.15, 0.2) is 24.3 Å². The van der Waals surface area contributed by atoms with Gasteiger partial charge in [-0.15, -0.1) is 0 Å². The highest BCUT2D eigenvalue weighted by atomic mass is 32.2. The fraction of sp³-hybridized carbons (Fsp3) is 0.538. The van der Waals surface area contributed by atoms with E-state index in [0.717, 1.165) is 12.8 Å². The Balaban J connectivity index is 2.09. The molecule has 0 aromatic heterocycles. The molecule has 5 heteroatoms. The van der Waals surface area contributed by atoms with Gasteiger partial charge >= 0.3 is 0 Å². The van der Waals surface area contributed by atoms with Crippen LogP contribution in [0.1, 0.15) is 25.3 Å². The minimum atomic E-state index is -3.27. The van der Waals surface area contributed by atoms with Crippen molar-refractivity contribution in [3.63, 3.8) is 0 Å². The van der Waals surface area contributed by atoms with E-state index in [2.05, 4.69) is 6.92 Å². The largest absolute Gasteiger partial charge is 0.218 e. The normalized spacial score (nSPS) is 22.0. The van der Waals surface area contributed by atoms with Gasteiger partial charge < -0.3 is 0 Å². The highest BCUT2D eigenvalue weighted by Gasteiger charge is 2.27. The molecule has 0 bridgehead atoms. The number of nitrogens with zero attached hydrogens (tertiary/aromatic N) is 1. The van der Waals surface area contributed by atoms with Gasteiger partial charge in [-0.3, -0.25) is 0 Å². The van der Waals surface area contributed by atoms with E-state index in [4.69, 9.17) is 0 Å². The third-order valence-corrected chi connectivity index (χ3v) is 5.09. The van der Waals surface area contributed by atoms with E-state index >= 15 is 0 Å². The second-order valence-corrected chi connectivity index (χ2v) is 6.96. The molecular formula is C13H18FNO2S. The van der Waals surface area contributed by atoms with Crippen molar-refractivity contribution in [2.24, 2.45) is 5.92 Å². The fourth-order valence-electron chi connectivity index (χ4n) is 2.28. The summed E-state index contributed by atoms with van der Waals surface area (Å²) in [6, 6.07) is 5.65. The van der Waals surface area contributed by atoms with Gasteiger partial charge in [-0.2, -0.15) is 0 Å². The number of benzene rings is 1. The molecule has 0 radical (unpaired) electrons. The van der Waals surface area contributed by atoms with E-state index in [1.165, 1.54) is 24.3 Å². The summed E-state index contributed by atoms with van der Waals surface area (Å²) < 4.78 is 38.8. The zero-order valence-corrected chi connectivity index (χ0v) is 11.3. The van der Waals surface area contributed by atoms with Gasteiger partial charge in [-0.05, 0) is 36.5 Å². The average Bonchev–Trinajstić information content (AvgIpc) is 2.32. The molecule has 0 aliphatic carbocycles. The van der Waals surface area contributed by atoms with Crippen molar-refractivity contribution in [3.05, 3.63) is 35.6 Å². The lowest BCUT2D eigenvalue weighted by Gasteiger charge is -2.30. The van der Waals surface area contributed by atoms with E-state index in [1.807, 2.05) is 0 Å². The number of piperidine rings is 1. The molecule has 0 spiro atoms. The number of rotatable bonds is 3. The van der Waals surface area contributed by atoms with E-state index in [0.29, 0.717) is 24.6 Å². The molecule has 2 rings (SSSR count). The van der Waals surface area contributed by atoms with Gasteiger partial charge in [0.05, 0.1) is 5.75 Å². The van der Waals surface area contributed by atoms with Crippen LogP contribution in [0, 0.1) is 11.7 Å². The van der Waals surface area contributed by atoms with Crippen LogP contribution in [0.25, 0.3) is 0 Å². The first-order valence-corrected chi connectivity index (χ1v) is 7.80. The predicted octanol–water partition coefficient (Wildman–Crippen LogP) is 2.39. The third kappa shape index (κ3) is 3.29. The molecule has 0 N–H and O–H groups in total. The maximum absolute atomic E-state index is 12.8. The lowest BCUT2D eigenvalue weighted by Crippen LogP contribution is -2.39. The Hall–Kier alpha value is -0.940. The van der Waals surface area contributed by atoms with E-state index in [9.17, 15) is 12.8 Å². The van der Waals surface area contributed by atoms with Crippen molar-refractivity contribution in [2.75, 3.05) is 13.1 Å². The van der Waals surface area contributed by atoms with Gasteiger partial charge in [0.2, 0.25) is 10.0 Å². The summed E-state index contributed by atoms with van der Waals surface area (Å²) in [5.41, 5.74) is 0.634. The molecule has 1 aliphatic rings. The van der Waals surface area contributed by atoms with Gasteiger partial charge in [0.25, 0.3) is 0 Å². The van der Waals surface area contributed by atoms with Crippen LogP contribution in [0.4, 0.5) is 4.39 Å². The van der Waals surface area contributed by atoms with E-state index in [1.54, 1.807) is 4.31 Å². The molecule has 0 saturated carbocycles. The number of sulfonamides is 1. The predicted molar refractivity (Wildman–Crippen MR) is 69.0 cm³/mol. The summed E-state index contributed by atoms with van der Waals surface area (Å²) in [6.07, 6.45) is 2.01. The van der Waals surface area contributed by atoms with Crippen molar-refractivity contribution in [1.82, 2.24) is 4.31 Å². The molecule has 1 fully saturated rings. The maximum atomic E-state index is 12.8. The Labute approximate surface area is 108 Å². The average molecular weight is 271 g/mol. The molecule has 1 aliphatic heterocycles. The van der Waals surface area contributed by atoms with Crippen molar-refractivity contribution in [2.45, 2.75) is 25.5 Å². The molecule has 1 aromatic carbocycles. The monoisotopic (exact) mass is 271 g/mol. The zero-order chi connectivity index (χ0) is 13.2. The van der Waals surface area contributed by atoms with Gasteiger partial charge in [0.1, 0.15) is 5.82 Å². The standard InChI is InChI=1S/C13H18FNO2S/c1-11-3-2-8-15(9-11)18(16,17)10-12-4-6-13(14)7-5-12/h4-7,11H,2-3,8-10H2,1H3/t11-/m1/s1. The summed E-state index contributed by atoms with van der Waals surface area (Å²) in [7, 11) is -3.27. The highest BCUT2D eigenvalue weighted by molar-refractivity contribution is 7.88. The number of hydrogen-bond acceptors (Lipinski definition) is 2. The quantitative estimate of drug-likeness (QED) is 0.846. The Morgan fingerprint density at radius 2 is 2.00 bits per heavy atom. The first kappa shape index (κ1) is 13.5. The summed E-state index contributed by atoms with van der Waals surface area (Å²) >= 11 is 0. The van der Waals surface area contributed by atoms with Crippen molar-refractivity contribution >= 4 is 10.0 Å². The fourth-order valence-corrected chi connectivity index (χ4v) is 3.97. The number of halogens is 1. The summed E-state index contributed by atoms with van der Waals surface area (Å²) in [5, 5.41) is 0. The topological polar surface area (TPSA) is 37.4 Å². The summed E-state index contributed by atoms with van der Waals surface area (Å²) in [4.78, 5) is 0. The third-order valence-electron chi connectivity index (χ3n) is 3.28. The lowest BCUT2D eigenvalue weighted by molar-refractivity contribution is 0.281. The van der Waals surface area contributed by atoms with Crippen LogP contribution in [-0.4, -0.2) is 25.8 Å². The highest BCUT2D eigenvalue weighted by Crippen LogP contribution is 2.20. The van der Waals surface area contributed by atoms with Crippen LogP contribution in [-0.2, 0) is 15.8 Å². The van der Waals surface area contributed by atoms with E-state index in [-0.39, 0.29) is 11.6 Å². The second kappa shape index (κ2) is 5.36. The molecule has 1 heterocycles. The molecule has 18 heavy (non-hydrogen) atoms. The molecular weight excluding hydrogens is 253 g/mol. The summed E-state index contributed by atoms with van der Waals surface area (Å²) in [5.74, 6) is 0.0319. The molecule has 0 amide bonds. The molecule has 3 nitrogen and oxygen atoms in total. The maximum Gasteiger partial charge on any atom is 0.218 e. The minimum absolute atomic E-state index is 0.0417. The first-order valence-electron chi connectivity index (χ1n) is 6.19. The lowest BCUT2D eigenvalue weighted by atomic mass is 10.0. The molecule has 1 aromatic rings.